The molecular formula is C19H15FN4. The Labute approximate surface area is 139 Å². The summed E-state index contributed by atoms with van der Waals surface area (Å²) in [6, 6.07) is 11.9. The van der Waals surface area contributed by atoms with Gasteiger partial charge in [0.15, 0.2) is 5.41 Å². The van der Waals surface area contributed by atoms with Gasteiger partial charge in [0.05, 0.1) is 29.5 Å². The van der Waals surface area contributed by atoms with Crippen LogP contribution in [-0.4, -0.2) is 0 Å². The molecule has 4 nitrogen and oxygen atoms in total. The standard InChI is InChI=1S/C19H15FN4/c20-13-7-5-12(6-8-13)17-14-3-1-2-4-15(14)18(24)16(9-21)19(17,10-22)11-23/h4-8,14,17H,1-3,24H2/t14-,17-/m0/s1. The van der Waals surface area contributed by atoms with Gasteiger partial charge in [-0.3, -0.25) is 0 Å². The Morgan fingerprint density at radius 1 is 1.12 bits per heavy atom. The fraction of sp³-hybridized carbons (Fsp3) is 0.316. The predicted molar refractivity (Wildman–Crippen MR) is 85.1 cm³/mol. The summed E-state index contributed by atoms with van der Waals surface area (Å²) in [5, 5.41) is 29.2. The number of hydrogen-bond donors (Lipinski definition) is 1. The first kappa shape index (κ1) is 15.8. The van der Waals surface area contributed by atoms with Crippen molar-refractivity contribution in [2.75, 3.05) is 0 Å². The highest BCUT2D eigenvalue weighted by atomic mass is 19.1. The fourth-order valence-corrected chi connectivity index (χ4v) is 3.95. The summed E-state index contributed by atoms with van der Waals surface area (Å²) in [6.07, 6.45) is 4.55. The Morgan fingerprint density at radius 3 is 2.38 bits per heavy atom. The first-order valence-electron chi connectivity index (χ1n) is 7.77. The predicted octanol–water partition coefficient (Wildman–Crippen LogP) is 3.42. The lowest BCUT2D eigenvalue weighted by molar-refractivity contribution is 0.322. The zero-order valence-electron chi connectivity index (χ0n) is 13.0. The zero-order chi connectivity index (χ0) is 17.3. The van der Waals surface area contributed by atoms with Crippen molar-refractivity contribution in [2.24, 2.45) is 17.1 Å². The minimum Gasteiger partial charge on any atom is -0.398 e. The summed E-state index contributed by atoms with van der Waals surface area (Å²) < 4.78 is 13.3. The lowest BCUT2D eigenvalue weighted by atomic mass is 9.56. The van der Waals surface area contributed by atoms with Gasteiger partial charge in [-0.15, -0.1) is 0 Å². The molecule has 0 bridgehead atoms. The summed E-state index contributed by atoms with van der Waals surface area (Å²) >= 11 is 0. The van der Waals surface area contributed by atoms with Crippen molar-refractivity contribution in [1.82, 2.24) is 0 Å². The van der Waals surface area contributed by atoms with Crippen LogP contribution in [0.1, 0.15) is 30.7 Å². The molecular weight excluding hydrogens is 303 g/mol. The van der Waals surface area contributed by atoms with Crippen LogP contribution in [-0.2, 0) is 0 Å². The highest BCUT2D eigenvalue weighted by Gasteiger charge is 2.54. The van der Waals surface area contributed by atoms with Gasteiger partial charge in [-0.25, -0.2) is 4.39 Å². The van der Waals surface area contributed by atoms with Crippen molar-refractivity contribution in [1.29, 1.82) is 15.8 Å². The summed E-state index contributed by atoms with van der Waals surface area (Å²) in [7, 11) is 0. The Balaban J connectivity index is 2.32. The minimum absolute atomic E-state index is 0.00576. The van der Waals surface area contributed by atoms with Crippen molar-refractivity contribution >= 4 is 0 Å². The topological polar surface area (TPSA) is 97.4 Å². The molecule has 0 aliphatic heterocycles. The molecule has 2 atom stereocenters. The van der Waals surface area contributed by atoms with Gasteiger partial charge in [-0.1, -0.05) is 18.2 Å². The molecule has 2 N–H and O–H groups in total. The van der Waals surface area contributed by atoms with E-state index < -0.39 is 11.3 Å². The Bertz CT molecular complexity index is 845. The van der Waals surface area contributed by atoms with E-state index in [1.165, 1.54) is 12.1 Å². The smallest absolute Gasteiger partial charge is 0.187 e. The number of benzene rings is 1. The summed E-state index contributed by atoms with van der Waals surface area (Å²) in [4.78, 5) is 0. The molecule has 0 radical (unpaired) electrons. The molecule has 0 saturated heterocycles. The van der Waals surface area contributed by atoms with E-state index in [4.69, 9.17) is 5.73 Å². The molecule has 0 aromatic heterocycles. The van der Waals surface area contributed by atoms with Crippen molar-refractivity contribution < 1.29 is 4.39 Å². The van der Waals surface area contributed by atoms with E-state index in [1.807, 2.05) is 12.1 Å². The molecule has 0 fully saturated rings. The highest BCUT2D eigenvalue weighted by molar-refractivity contribution is 5.58. The number of rotatable bonds is 1. The number of halogens is 1. The summed E-state index contributed by atoms with van der Waals surface area (Å²) in [6.45, 7) is 0. The van der Waals surface area contributed by atoms with E-state index in [0.717, 1.165) is 24.8 Å². The van der Waals surface area contributed by atoms with Crippen LogP contribution in [0.4, 0.5) is 4.39 Å². The molecule has 24 heavy (non-hydrogen) atoms. The average molecular weight is 318 g/mol. The zero-order valence-corrected chi connectivity index (χ0v) is 13.0. The van der Waals surface area contributed by atoms with E-state index >= 15 is 0 Å². The van der Waals surface area contributed by atoms with Gasteiger partial charge >= 0.3 is 0 Å². The van der Waals surface area contributed by atoms with Gasteiger partial charge in [0.1, 0.15) is 5.82 Å². The number of hydrogen-bond acceptors (Lipinski definition) is 4. The molecule has 118 valence electrons. The maximum Gasteiger partial charge on any atom is 0.187 e. The second kappa shape index (κ2) is 5.84. The molecule has 0 unspecified atom stereocenters. The van der Waals surface area contributed by atoms with Gasteiger partial charge in [0.25, 0.3) is 0 Å². The van der Waals surface area contributed by atoms with E-state index in [2.05, 4.69) is 12.1 Å². The van der Waals surface area contributed by atoms with Crippen LogP contribution in [0.15, 0.2) is 47.2 Å². The van der Waals surface area contributed by atoms with Crippen molar-refractivity contribution in [3.8, 4) is 18.2 Å². The minimum atomic E-state index is -1.66. The third-order valence-electron chi connectivity index (χ3n) is 5.02. The monoisotopic (exact) mass is 318 g/mol. The third kappa shape index (κ3) is 2.08. The molecule has 5 heteroatoms. The number of nitrogens with two attached hydrogens (primary N) is 1. The number of nitriles is 3. The molecule has 1 aromatic rings. The Hall–Kier alpha value is -3.10. The van der Waals surface area contributed by atoms with E-state index in [0.29, 0.717) is 5.56 Å². The number of fused-ring (bicyclic) bond motifs is 1. The Kier molecular flexibility index (Phi) is 3.84. The van der Waals surface area contributed by atoms with Crippen molar-refractivity contribution in [3.63, 3.8) is 0 Å². The van der Waals surface area contributed by atoms with Crippen LogP contribution in [0.2, 0.25) is 0 Å². The molecule has 0 heterocycles. The Morgan fingerprint density at radius 2 is 1.79 bits per heavy atom. The van der Waals surface area contributed by atoms with E-state index in [-0.39, 0.29) is 23.0 Å². The molecule has 0 amide bonds. The number of allylic oxidation sites excluding steroid dienone is 3. The van der Waals surface area contributed by atoms with Gasteiger partial charge in [-0.05, 0) is 48.4 Å². The molecule has 2 aliphatic carbocycles. The number of nitrogens with zero attached hydrogens (tertiary/aromatic N) is 3. The van der Waals surface area contributed by atoms with Crippen LogP contribution < -0.4 is 5.73 Å². The first-order valence-corrected chi connectivity index (χ1v) is 7.77. The SMILES string of the molecule is N#CC1=C(N)C2=CCCC[C@@H]2[C@H](c2ccc(F)cc2)C1(C#N)C#N. The molecule has 0 spiro atoms. The van der Waals surface area contributed by atoms with Crippen LogP contribution in [0.5, 0.6) is 0 Å². The van der Waals surface area contributed by atoms with Gasteiger partial charge < -0.3 is 5.73 Å². The van der Waals surface area contributed by atoms with Gasteiger partial charge in [0.2, 0.25) is 0 Å². The van der Waals surface area contributed by atoms with Crippen molar-refractivity contribution in [3.05, 3.63) is 58.6 Å². The van der Waals surface area contributed by atoms with Crippen LogP contribution >= 0.6 is 0 Å². The van der Waals surface area contributed by atoms with E-state index in [9.17, 15) is 20.2 Å². The van der Waals surface area contributed by atoms with Gasteiger partial charge in [0, 0.05) is 5.92 Å². The second-order valence-electron chi connectivity index (χ2n) is 6.16. The molecule has 1 aromatic carbocycles. The van der Waals surface area contributed by atoms with Crippen LogP contribution in [0, 0.1) is 51.1 Å². The maximum absolute atomic E-state index is 13.3. The summed E-state index contributed by atoms with van der Waals surface area (Å²) in [5.41, 5.74) is 6.28. The average Bonchev–Trinajstić information content (AvgIpc) is 2.62. The first-order chi connectivity index (χ1) is 11.6. The van der Waals surface area contributed by atoms with Crippen LogP contribution in [0.25, 0.3) is 0 Å². The lowest BCUT2D eigenvalue weighted by Gasteiger charge is -2.43. The lowest BCUT2D eigenvalue weighted by Crippen LogP contribution is -2.41. The molecule has 2 aliphatic rings. The molecule has 3 rings (SSSR count). The largest absolute Gasteiger partial charge is 0.398 e. The van der Waals surface area contributed by atoms with Crippen molar-refractivity contribution in [2.45, 2.75) is 25.2 Å². The summed E-state index contributed by atoms with van der Waals surface area (Å²) in [5.74, 6) is -1.05. The molecule has 0 saturated carbocycles. The normalized spacial score (nSPS) is 24.8. The maximum atomic E-state index is 13.3. The highest BCUT2D eigenvalue weighted by Crippen LogP contribution is 2.55. The van der Waals surface area contributed by atoms with E-state index in [1.54, 1.807) is 12.1 Å². The van der Waals surface area contributed by atoms with Gasteiger partial charge in [-0.2, -0.15) is 15.8 Å². The van der Waals surface area contributed by atoms with Crippen LogP contribution in [0.3, 0.4) is 0 Å². The fourth-order valence-electron chi connectivity index (χ4n) is 3.95. The quantitative estimate of drug-likeness (QED) is 0.857. The third-order valence-corrected chi connectivity index (χ3v) is 5.02. The second-order valence-corrected chi connectivity index (χ2v) is 6.16.